The molecule has 0 radical (unpaired) electrons. The van der Waals surface area contributed by atoms with Crippen molar-refractivity contribution in [2.45, 2.75) is 19.1 Å². The molecule has 1 aromatic carbocycles. The van der Waals surface area contributed by atoms with E-state index in [-0.39, 0.29) is 12.2 Å². The molecular weight excluding hydrogens is 339 g/mol. The van der Waals surface area contributed by atoms with Gasteiger partial charge in [-0.05, 0) is 44.1 Å². The number of nitrogens with zero attached hydrogens (tertiary/aromatic N) is 1. The standard InChI is InChI=1S/C16H20Cl2N2O3/c17-12-1-2-13(18)14(9-12)19-15(21)10-20-5-3-11(4-6-20)16-22-7-8-23-16/h1-2,9,11,16H,3-8,10H2,(H,19,21). The van der Waals surface area contributed by atoms with E-state index in [2.05, 4.69) is 10.2 Å². The number of hydrogen-bond acceptors (Lipinski definition) is 4. The number of halogens is 2. The van der Waals surface area contributed by atoms with Crippen molar-refractivity contribution >= 4 is 34.8 Å². The molecule has 0 bridgehead atoms. The van der Waals surface area contributed by atoms with Crippen LogP contribution in [0.2, 0.25) is 10.0 Å². The molecule has 5 nitrogen and oxygen atoms in total. The first-order valence-corrected chi connectivity index (χ1v) is 8.58. The van der Waals surface area contributed by atoms with Crippen molar-refractivity contribution in [1.82, 2.24) is 4.90 Å². The predicted octanol–water partition coefficient (Wildman–Crippen LogP) is 3.02. The number of anilines is 1. The van der Waals surface area contributed by atoms with Gasteiger partial charge < -0.3 is 14.8 Å². The fourth-order valence-corrected chi connectivity index (χ4v) is 3.36. The Morgan fingerprint density at radius 2 is 1.91 bits per heavy atom. The van der Waals surface area contributed by atoms with Gasteiger partial charge in [0.25, 0.3) is 0 Å². The molecule has 2 aliphatic rings. The van der Waals surface area contributed by atoms with E-state index < -0.39 is 0 Å². The lowest BCUT2D eigenvalue weighted by atomic mass is 9.96. The summed E-state index contributed by atoms with van der Waals surface area (Å²) in [5, 5.41) is 3.85. The molecule has 3 rings (SSSR count). The van der Waals surface area contributed by atoms with Crippen LogP contribution in [0.3, 0.4) is 0 Å². The average Bonchev–Trinajstić information content (AvgIpc) is 3.06. The molecular formula is C16H20Cl2N2O3. The quantitative estimate of drug-likeness (QED) is 0.898. The molecule has 0 aliphatic carbocycles. The average molecular weight is 359 g/mol. The smallest absolute Gasteiger partial charge is 0.238 e. The van der Waals surface area contributed by atoms with E-state index in [1.165, 1.54) is 0 Å². The molecule has 1 amide bonds. The second kappa shape index (κ2) is 7.81. The summed E-state index contributed by atoms with van der Waals surface area (Å²) in [5.74, 6) is 0.347. The van der Waals surface area contributed by atoms with Crippen LogP contribution in [-0.4, -0.2) is 49.9 Å². The fraction of sp³-hybridized carbons (Fsp3) is 0.562. The molecule has 0 aromatic heterocycles. The van der Waals surface area contributed by atoms with Crippen LogP contribution >= 0.6 is 23.2 Å². The minimum absolute atomic E-state index is 0.0590. The SMILES string of the molecule is O=C(CN1CCC(C2OCCO2)CC1)Nc1cc(Cl)ccc1Cl. The van der Waals surface area contributed by atoms with Crippen molar-refractivity contribution in [2.75, 3.05) is 38.2 Å². The molecule has 0 spiro atoms. The van der Waals surface area contributed by atoms with E-state index in [9.17, 15) is 4.79 Å². The van der Waals surface area contributed by atoms with Crippen molar-refractivity contribution in [3.63, 3.8) is 0 Å². The molecule has 2 saturated heterocycles. The summed E-state index contributed by atoms with van der Waals surface area (Å²) >= 11 is 12.0. The lowest BCUT2D eigenvalue weighted by molar-refractivity contribution is -0.119. The summed E-state index contributed by atoms with van der Waals surface area (Å²) in [6, 6.07) is 5.02. The molecule has 0 saturated carbocycles. The Bertz CT molecular complexity index is 556. The zero-order valence-corrected chi connectivity index (χ0v) is 14.3. The zero-order valence-electron chi connectivity index (χ0n) is 12.8. The lowest BCUT2D eigenvalue weighted by Gasteiger charge is -2.33. The van der Waals surface area contributed by atoms with Crippen LogP contribution in [0.1, 0.15) is 12.8 Å². The van der Waals surface area contributed by atoms with Crippen LogP contribution in [0.15, 0.2) is 18.2 Å². The van der Waals surface area contributed by atoms with Crippen molar-refractivity contribution in [3.8, 4) is 0 Å². The van der Waals surface area contributed by atoms with Crippen LogP contribution in [-0.2, 0) is 14.3 Å². The minimum Gasteiger partial charge on any atom is -0.350 e. The Hall–Kier alpha value is -0.850. The fourth-order valence-electron chi connectivity index (χ4n) is 3.02. The number of hydrogen-bond donors (Lipinski definition) is 1. The van der Waals surface area contributed by atoms with Gasteiger partial charge in [-0.2, -0.15) is 0 Å². The van der Waals surface area contributed by atoms with E-state index in [4.69, 9.17) is 32.7 Å². The highest BCUT2D eigenvalue weighted by molar-refractivity contribution is 6.35. The van der Waals surface area contributed by atoms with Crippen LogP contribution in [0.5, 0.6) is 0 Å². The van der Waals surface area contributed by atoms with Crippen LogP contribution < -0.4 is 5.32 Å². The highest BCUT2D eigenvalue weighted by Gasteiger charge is 2.30. The molecule has 23 heavy (non-hydrogen) atoms. The Kier molecular flexibility index (Phi) is 5.77. The molecule has 1 aromatic rings. The Morgan fingerprint density at radius 1 is 1.22 bits per heavy atom. The molecule has 126 valence electrons. The van der Waals surface area contributed by atoms with Gasteiger partial charge in [-0.3, -0.25) is 9.69 Å². The second-order valence-corrected chi connectivity index (χ2v) is 6.74. The lowest BCUT2D eigenvalue weighted by Crippen LogP contribution is -2.41. The minimum atomic E-state index is -0.0824. The van der Waals surface area contributed by atoms with Gasteiger partial charge in [-0.1, -0.05) is 23.2 Å². The third-order valence-corrected chi connectivity index (χ3v) is 4.80. The van der Waals surface area contributed by atoms with Crippen molar-refractivity contribution in [2.24, 2.45) is 5.92 Å². The number of likely N-dealkylation sites (tertiary alicyclic amines) is 1. The maximum atomic E-state index is 12.2. The molecule has 2 fully saturated rings. The van der Waals surface area contributed by atoms with E-state index in [1.54, 1.807) is 18.2 Å². The van der Waals surface area contributed by atoms with Gasteiger partial charge in [0, 0.05) is 10.9 Å². The van der Waals surface area contributed by atoms with E-state index in [0.29, 0.717) is 41.4 Å². The summed E-state index contributed by atoms with van der Waals surface area (Å²) < 4.78 is 11.1. The maximum absolute atomic E-state index is 12.2. The van der Waals surface area contributed by atoms with Crippen molar-refractivity contribution in [3.05, 3.63) is 28.2 Å². The number of carbonyl (C=O) groups is 1. The predicted molar refractivity (Wildman–Crippen MR) is 89.9 cm³/mol. The summed E-state index contributed by atoms with van der Waals surface area (Å²) in [5.41, 5.74) is 0.548. The van der Waals surface area contributed by atoms with Crippen LogP contribution in [0, 0.1) is 5.92 Å². The number of ether oxygens (including phenoxy) is 2. The zero-order chi connectivity index (χ0) is 16.2. The second-order valence-electron chi connectivity index (χ2n) is 5.90. The van der Waals surface area contributed by atoms with Gasteiger partial charge in [0.2, 0.25) is 5.91 Å². The maximum Gasteiger partial charge on any atom is 0.238 e. The van der Waals surface area contributed by atoms with Gasteiger partial charge >= 0.3 is 0 Å². The van der Waals surface area contributed by atoms with Gasteiger partial charge in [-0.25, -0.2) is 0 Å². The monoisotopic (exact) mass is 358 g/mol. The number of rotatable bonds is 4. The Balaban J connectivity index is 1.46. The van der Waals surface area contributed by atoms with Gasteiger partial charge in [0.1, 0.15) is 0 Å². The Labute approximate surface area is 145 Å². The van der Waals surface area contributed by atoms with Gasteiger partial charge in [0.05, 0.1) is 30.5 Å². The van der Waals surface area contributed by atoms with Crippen LogP contribution in [0.4, 0.5) is 5.69 Å². The molecule has 2 heterocycles. The third-order valence-electron chi connectivity index (χ3n) is 4.23. The van der Waals surface area contributed by atoms with E-state index in [0.717, 1.165) is 25.9 Å². The topological polar surface area (TPSA) is 50.8 Å². The largest absolute Gasteiger partial charge is 0.350 e. The van der Waals surface area contributed by atoms with Gasteiger partial charge in [0.15, 0.2) is 6.29 Å². The highest BCUT2D eigenvalue weighted by atomic mass is 35.5. The van der Waals surface area contributed by atoms with Gasteiger partial charge in [-0.15, -0.1) is 0 Å². The molecule has 0 unspecified atom stereocenters. The summed E-state index contributed by atoms with van der Waals surface area (Å²) in [6.07, 6.45) is 1.90. The first-order valence-electron chi connectivity index (χ1n) is 7.82. The summed E-state index contributed by atoms with van der Waals surface area (Å²) in [7, 11) is 0. The highest BCUT2D eigenvalue weighted by Crippen LogP contribution is 2.27. The normalized spacial score (nSPS) is 20.8. The molecule has 7 heteroatoms. The number of benzene rings is 1. The van der Waals surface area contributed by atoms with Crippen molar-refractivity contribution < 1.29 is 14.3 Å². The first kappa shape index (κ1) is 17.0. The summed E-state index contributed by atoms with van der Waals surface area (Å²) in [6.45, 7) is 3.46. The number of amides is 1. The van der Waals surface area contributed by atoms with E-state index in [1.807, 2.05) is 0 Å². The first-order chi connectivity index (χ1) is 11.1. The molecule has 1 N–H and O–H groups in total. The van der Waals surface area contributed by atoms with Crippen LogP contribution in [0.25, 0.3) is 0 Å². The Morgan fingerprint density at radius 3 is 2.61 bits per heavy atom. The number of carbonyl (C=O) groups excluding carboxylic acids is 1. The molecule has 0 atom stereocenters. The third kappa shape index (κ3) is 4.58. The number of nitrogens with one attached hydrogen (secondary N) is 1. The number of piperidine rings is 1. The van der Waals surface area contributed by atoms with Crippen molar-refractivity contribution in [1.29, 1.82) is 0 Å². The van der Waals surface area contributed by atoms with E-state index >= 15 is 0 Å². The molecule has 2 aliphatic heterocycles. The summed E-state index contributed by atoms with van der Waals surface area (Å²) in [4.78, 5) is 14.3.